The van der Waals surface area contributed by atoms with E-state index < -0.39 is 0 Å². The van der Waals surface area contributed by atoms with Crippen molar-refractivity contribution in [3.05, 3.63) is 168 Å². The van der Waals surface area contributed by atoms with E-state index in [-0.39, 0.29) is 5.41 Å². The first-order valence-electron chi connectivity index (χ1n) is 16.8. The van der Waals surface area contributed by atoms with Gasteiger partial charge in [0.1, 0.15) is 0 Å². The van der Waals surface area contributed by atoms with Crippen LogP contribution in [0.15, 0.2) is 152 Å². The van der Waals surface area contributed by atoms with Crippen LogP contribution in [0.3, 0.4) is 0 Å². The number of rotatable bonds is 3. The molecule has 7 aromatic carbocycles. The first-order chi connectivity index (χ1) is 24.0. The van der Waals surface area contributed by atoms with Gasteiger partial charge in [0, 0.05) is 38.3 Å². The fraction of sp³-hybridized carbons (Fsp3) is 0.0652. The van der Waals surface area contributed by atoms with E-state index in [4.69, 9.17) is 0 Å². The lowest BCUT2D eigenvalue weighted by atomic mass is 9.80. The predicted octanol–water partition coefficient (Wildman–Crippen LogP) is 11.7. The third kappa shape index (κ3) is 3.83. The number of fused-ring (bicyclic) bond motifs is 10. The molecule has 3 heteroatoms. The third-order valence-corrected chi connectivity index (χ3v) is 10.7. The Morgan fingerprint density at radius 2 is 1.06 bits per heavy atom. The van der Waals surface area contributed by atoms with Gasteiger partial charge in [0.2, 0.25) is 0 Å². The standard InChI is InChI=1S/C46H31N3/c1-46(2)39-18-6-3-15-34(39)37-22-24-43-44(45(37)46)38-25-29(28-47)21-23-42(38)49(43)33-14-10-12-31(27-33)30-11-9-13-32(26-30)48-40-19-7-4-16-35(40)36-17-5-8-20-41(36)48/h3-27H,1-2H3. The zero-order valence-electron chi connectivity index (χ0n) is 27.3. The zero-order valence-corrected chi connectivity index (χ0v) is 27.3. The van der Waals surface area contributed by atoms with E-state index in [1.54, 1.807) is 0 Å². The number of para-hydroxylation sites is 2. The molecule has 0 saturated carbocycles. The van der Waals surface area contributed by atoms with E-state index in [0.717, 1.165) is 38.9 Å². The molecule has 9 aromatic rings. The molecule has 0 saturated heterocycles. The molecule has 10 rings (SSSR count). The SMILES string of the molecule is CC1(C)c2ccccc2-c2ccc3c(c21)c1cc(C#N)ccc1n3-c1cccc(-c2cccc(-n3c4ccccc4c4ccccc43)c2)c1. The molecule has 3 nitrogen and oxygen atoms in total. The van der Waals surface area contributed by atoms with Gasteiger partial charge in [-0.25, -0.2) is 0 Å². The van der Waals surface area contributed by atoms with Crippen molar-refractivity contribution >= 4 is 43.6 Å². The second kappa shape index (κ2) is 10.1. The summed E-state index contributed by atoms with van der Waals surface area (Å²) in [7, 11) is 0. The minimum absolute atomic E-state index is 0.178. The van der Waals surface area contributed by atoms with E-state index in [0.29, 0.717) is 5.56 Å². The van der Waals surface area contributed by atoms with E-state index in [1.807, 2.05) is 6.07 Å². The van der Waals surface area contributed by atoms with Crippen molar-refractivity contribution in [2.45, 2.75) is 19.3 Å². The Labute approximate surface area is 284 Å². The average molecular weight is 626 g/mol. The van der Waals surface area contributed by atoms with Crippen molar-refractivity contribution < 1.29 is 0 Å². The lowest BCUT2D eigenvalue weighted by Crippen LogP contribution is -2.15. The highest BCUT2D eigenvalue weighted by Crippen LogP contribution is 2.53. The molecular weight excluding hydrogens is 595 g/mol. The molecule has 0 bridgehead atoms. The molecule has 0 amide bonds. The molecule has 230 valence electrons. The van der Waals surface area contributed by atoms with Crippen LogP contribution in [-0.4, -0.2) is 9.13 Å². The van der Waals surface area contributed by atoms with Crippen LogP contribution in [0.5, 0.6) is 0 Å². The highest BCUT2D eigenvalue weighted by atomic mass is 15.0. The Morgan fingerprint density at radius 3 is 1.73 bits per heavy atom. The number of benzene rings is 7. The predicted molar refractivity (Wildman–Crippen MR) is 203 cm³/mol. The van der Waals surface area contributed by atoms with Crippen LogP contribution >= 0.6 is 0 Å². The molecule has 0 aliphatic heterocycles. The van der Waals surface area contributed by atoms with E-state index in [9.17, 15) is 5.26 Å². The van der Waals surface area contributed by atoms with Crippen LogP contribution in [0, 0.1) is 11.3 Å². The lowest BCUT2D eigenvalue weighted by Gasteiger charge is -2.22. The summed E-state index contributed by atoms with van der Waals surface area (Å²) in [4.78, 5) is 0. The molecule has 1 aliphatic carbocycles. The van der Waals surface area contributed by atoms with Crippen LogP contribution < -0.4 is 0 Å². The quantitative estimate of drug-likeness (QED) is 0.192. The van der Waals surface area contributed by atoms with E-state index >= 15 is 0 Å². The smallest absolute Gasteiger partial charge is 0.0991 e. The zero-order chi connectivity index (χ0) is 32.9. The summed E-state index contributed by atoms with van der Waals surface area (Å²) in [5.74, 6) is 0. The van der Waals surface area contributed by atoms with Gasteiger partial charge >= 0.3 is 0 Å². The largest absolute Gasteiger partial charge is 0.309 e. The van der Waals surface area contributed by atoms with Crippen LogP contribution in [0.4, 0.5) is 0 Å². The minimum atomic E-state index is -0.178. The molecule has 0 spiro atoms. The Kier molecular flexibility index (Phi) is 5.69. The summed E-state index contributed by atoms with van der Waals surface area (Å²) in [6.07, 6.45) is 0. The first kappa shape index (κ1) is 27.7. The minimum Gasteiger partial charge on any atom is -0.309 e. The van der Waals surface area contributed by atoms with Crippen molar-refractivity contribution in [1.29, 1.82) is 5.26 Å². The molecule has 1 aliphatic rings. The van der Waals surface area contributed by atoms with E-state index in [2.05, 4.69) is 175 Å². The fourth-order valence-corrected chi connectivity index (χ4v) is 8.58. The summed E-state index contributed by atoms with van der Waals surface area (Å²) in [5.41, 5.74) is 15.0. The van der Waals surface area contributed by atoms with Crippen molar-refractivity contribution in [2.75, 3.05) is 0 Å². The monoisotopic (exact) mass is 625 g/mol. The summed E-state index contributed by atoms with van der Waals surface area (Å²) in [6.45, 7) is 4.67. The van der Waals surface area contributed by atoms with Gasteiger partial charge in [0.05, 0.1) is 33.7 Å². The summed E-state index contributed by atoms with van der Waals surface area (Å²) in [6, 6.07) is 56.9. The second-order valence-corrected chi connectivity index (χ2v) is 13.7. The molecule has 0 N–H and O–H groups in total. The van der Waals surface area contributed by atoms with Crippen LogP contribution in [-0.2, 0) is 5.41 Å². The van der Waals surface area contributed by atoms with Crippen LogP contribution in [0.2, 0.25) is 0 Å². The molecule has 49 heavy (non-hydrogen) atoms. The molecule has 0 unspecified atom stereocenters. The molecule has 0 atom stereocenters. The van der Waals surface area contributed by atoms with Gasteiger partial charge in [0.25, 0.3) is 0 Å². The Balaban J connectivity index is 1.18. The first-order valence-corrected chi connectivity index (χ1v) is 16.8. The normalized spacial score (nSPS) is 13.2. The Hall–Kier alpha value is -6.37. The molecule has 2 aromatic heterocycles. The van der Waals surface area contributed by atoms with Gasteiger partial charge in [0.15, 0.2) is 0 Å². The topological polar surface area (TPSA) is 33.6 Å². The van der Waals surface area contributed by atoms with Crippen molar-refractivity contribution in [3.63, 3.8) is 0 Å². The van der Waals surface area contributed by atoms with Gasteiger partial charge in [-0.15, -0.1) is 0 Å². The maximum atomic E-state index is 9.94. The lowest BCUT2D eigenvalue weighted by molar-refractivity contribution is 0.666. The third-order valence-electron chi connectivity index (χ3n) is 10.7. The van der Waals surface area contributed by atoms with Gasteiger partial charge in [-0.2, -0.15) is 5.26 Å². The highest BCUT2D eigenvalue weighted by molar-refractivity contribution is 6.15. The fourth-order valence-electron chi connectivity index (χ4n) is 8.58. The van der Waals surface area contributed by atoms with Gasteiger partial charge in [-0.1, -0.05) is 105 Å². The summed E-state index contributed by atoms with van der Waals surface area (Å²) >= 11 is 0. The molecular formula is C46H31N3. The van der Waals surface area contributed by atoms with Gasteiger partial charge < -0.3 is 9.13 Å². The maximum absolute atomic E-state index is 9.94. The Morgan fingerprint density at radius 1 is 0.490 bits per heavy atom. The van der Waals surface area contributed by atoms with Crippen molar-refractivity contribution in [1.82, 2.24) is 9.13 Å². The molecule has 2 heterocycles. The number of nitriles is 1. The number of hydrogen-bond acceptors (Lipinski definition) is 1. The van der Waals surface area contributed by atoms with Gasteiger partial charge in [-0.05, 0) is 94.0 Å². The van der Waals surface area contributed by atoms with E-state index in [1.165, 1.54) is 49.4 Å². The average Bonchev–Trinajstić information content (AvgIpc) is 3.74. The maximum Gasteiger partial charge on any atom is 0.0991 e. The summed E-state index contributed by atoms with van der Waals surface area (Å²) in [5, 5.41) is 14.8. The van der Waals surface area contributed by atoms with Crippen molar-refractivity contribution in [2.24, 2.45) is 0 Å². The summed E-state index contributed by atoms with van der Waals surface area (Å²) < 4.78 is 4.75. The van der Waals surface area contributed by atoms with Crippen LogP contribution in [0.1, 0.15) is 30.5 Å². The second-order valence-electron chi connectivity index (χ2n) is 13.7. The van der Waals surface area contributed by atoms with Crippen molar-refractivity contribution in [3.8, 4) is 39.7 Å². The molecule has 0 radical (unpaired) electrons. The van der Waals surface area contributed by atoms with Gasteiger partial charge in [-0.3, -0.25) is 0 Å². The Bertz CT molecular complexity index is 2820. The molecule has 0 fully saturated rings. The number of aromatic nitrogens is 2. The number of hydrogen-bond donors (Lipinski definition) is 0. The number of nitrogens with zero attached hydrogens (tertiary/aromatic N) is 3. The highest BCUT2D eigenvalue weighted by Gasteiger charge is 2.38. The van der Waals surface area contributed by atoms with Crippen LogP contribution in [0.25, 0.3) is 77.2 Å².